The number of esters is 2. The number of aliphatic hydroxyl groups excluding tert-OH is 3. The molecule has 5 aromatic carbocycles. The molecule has 0 bridgehead atoms. The van der Waals surface area contributed by atoms with Gasteiger partial charge in [0.25, 0.3) is 0 Å². The fraction of sp³-hybridized carbons (Fsp3) is 0.519. The minimum Gasteiger partial charge on any atom is -0.479 e. The van der Waals surface area contributed by atoms with Gasteiger partial charge < -0.3 is 78.7 Å². The van der Waals surface area contributed by atoms with E-state index < -0.39 is 135 Å². The molecule has 108 heavy (non-hydrogen) atoms. The summed E-state index contributed by atoms with van der Waals surface area (Å²) in [5, 5.41) is 45.1. The standard InChI is InChI=1S/C25H39NO7SSi.C22H25NO5S.C20H21NO6S.C10H17NO5/c1-16(2)18(27)25-19(32-35(9,10)22(3,4)5)24(8,34-33-31-17-14-12-11-13-15-17)20(28)26(25)23(6,7)30-21(25)29;1-21(2)23-18(15-26-21)19(25-14-16-10-6-4-7-11-16)22(3,20(23)24)29-28-27-17-12-8-5-9-13-17;1-20(28-27-26-15-11-7-4-8-12-15)17(16(18(22)24-2)21-19(20)23)25-13-14-9-5-3-6-10-14;1-4(2)6(12)10(9(15)16)7(13)5(3)8(14)11-10/h11-16,18-19,27H,1-10H3;4-13,18-19H,14-15H2,1-3H3;3-12,16-17H,13H2,1-2H3,(H,21,23);4-7,12-13H,1-3H3,(H,11,14)(H,15,16)/t18-,19-,24+,25+;18-,19-,22-;16-,17+,20+;5-,6+,7+,10-/m1010/s1. The number of carbonyl (C=O) groups is 7. The molecule has 0 aromatic heterocycles. The molecule has 6 fully saturated rings. The lowest BCUT2D eigenvalue weighted by atomic mass is 9.79. The van der Waals surface area contributed by atoms with E-state index in [9.17, 15) is 48.9 Å². The van der Waals surface area contributed by atoms with E-state index in [1.165, 1.54) is 18.9 Å². The first-order valence-electron chi connectivity index (χ1n) is 35.4. The number of aliphatic hydroxyl groups is 3. The van der Waals surface area contributed by atoms with Crippen LogP contribution in [0.25, 0.3) is 0 Å². The van der Waals surface area contributed by atoms with Crippen molar-refractivity contribution in [2.75, 3.05) is 13.7 Å². The van der Waals surface area contributed by atoms with Crippen molar-refractivity contribution in [2.24, 2.45) is 17.8 Å². The van der Waals surface area contributed by atoms with Crippen LogP contribution < -0.4 is 25.3 Å². The second-order valence-corrected chi connectivity index (χ2v) is 38.9. The summed E-state index contributed by atoms with van der Waals surface area (Å²) >= 11 is 2.59. The van der Waals surface area contributed by atoms with Gasteiger partial charge in [0.2, 0.25) is 23.6 Å². The molecule has 27 nitrogen and oxygen atoms in total. The Kier molecular flexibility index (Phi) is 27.9. The first kappa shape index (κ1) is 86.3. The molecule has 6 heterocycles. The number of methoxy groups -OCH3 is 1. The summed E-state index contributed by atoms with van der Waals surface area (Å²) in [7, 11) is -1.30. The van der Waals surface area contributed by atoms with Gasteiger partial charge in [-0.05, 0) is 126 Å². The average Bonchev–Trinajstić information content (AvgIpc) is 1.50. The van der Waals surface area contributed by atoms with Gasteiger partial charge in [-0.15, -0.1) is 13.0 Å². The molecular weight excluding hydrogens is 1470 g/mol. The molecule has 6 saturated heterocycles. The number of ether oxygens (including phenoxy) is 5. The molecule has 0 unspecified atom stereocenters. The zero-order valence-electron chi connectivity index (χ0n) is 64.1. The third-order valence-electron chi connectivity index (χ3n) is 20.4. The Morgan fingerprint density at radius 1 is 0.620 bits per heavy atom. The number of carbonyl (C=O) groups excluding carboxylic acids is 6. The molecule has 6 aliphatic rings. The Morgan fingerprint density at radius 3 is 1.45 bits per heavy atom. The number of aliphatic carboxylic acids is 1. The monoisotopic (exact) mass is 1570 g/mol. The highest BCUT2D eigenvalue weighted by Crippen LogP contribution is 2.58. The number of nitrogens with zero attached hydrogens (tertiary/aromatic N) is 2. The van der Waals surface area contributed by atoms with E-state index in [0.717, 1.165) is 47.3 Å². The largest absolute Gasteiger partial charge is 0.479 e. The Bertz CT molecular complexity index is 3890. The van der Waals surface area contributed by atoms with Crippen LogP contribution in [0.2, 0.25) is 18.1 Å². The third-order valence-corrected chi connectivity index (χ3v) is 27.5. The molecule has 590 valence electrons. The Hall–Kier alpha value is -7.34. The van der Waals surface area contributed by atoms with Crippen LogP contribution in [0, 0.1) is 17.8 Å². The van der Waals surface area contributed by atoms with E-state index >= 15 is 0 Å². The number of benzene rings is 5. The summed E-state index contributed by atoms with van der Waals surface area (Å²) in [6, 6.07) is 45.2. The highest BCUT2D eigenvalue weighted by molar-refractivity contribution is 7.97. The zero-order chi connectivity index (χ0) is 79.8. The number of fused-ring (bicyclic) bond motifs is 2. The summed E-state index contributed by atoms with van der Waals surface area (Å²) < 4.78 is 48.2. The van der Waals surface area contributed by atoms with Crippen LogP contribution >= 0.6 is 36.1 Å². The van der Waals surface area contributed by atoms with Crippen molar-refractivity contribution in [1.29, 1.82) is 0 Å². The summed E-state index contributed by atoms with van der Waals surface area (Å²) in [6.07, 6.45) is -6.30. The quantitative estimate of drug-likeness (QED) is 0.00985. The van der Waals surface area contributed by atoms with Crippen LogP contribution in [0.1, 0.15) is 115 Å². The lowest BCUT2D eigenvalue weighted by molar-refractivity contribution is -0.159. The van der Waals surface area contributed by atoms with E-state index in [4.69, 9.17) is 60.9 Å². The topological polar surface area (TPSA) is 342 Å². The van der Waals surface area contributed by atoms with Gasteiger partial charge >= 0.3 is 17.9 Å². The van der Waals surface area contributed by atoms with Gasteiger partial charge in [-0.3, -0.25) is 24.1 Å². The zero-order valence-corrected chi connectivity index (χ0v) is 67.5. The normalized spacial score (nSPS) is 28.5. The molecule has 31 heteroatoms. The molecule has 4 amide bonds. The van der Waals surface area contributed by atoms with Gasteiger partial charge in [0.05, 0.1) is 87.2 Å². The summed E-state index contributed by atoms with van der Waals surface area (Å²) in [4.78, 5) is 108. The fourth-order valence-electron chi connectivity index (χ4n) is 13.3. The molecule has 14 atom stereocenters. The van der Waals surface area contributed by atoms with Gasteiger partial charge in [0.1, 0.15) is 34.9 Å². The average molecular weight is 1580 g/mol. The molecule has 0 saturated carbocycles. The lowest BCUT2D eigenvalue weighted by Gasteiger charge is -2.46. The highest BCUT2D eigenvalue weighted by Gasteiger charge is 2.81. The SMILES string of the molecule is CC(C)[C@@H](O)[C@]1(C(=O)O)NC(=O)[C@@H](C)[C@H]1O.CC(C)[C@@H](O)[C@]12C(=O)OC(C)(C)N1C(=O)[C@@](C)(SOOc1ccccc1)[C@H]2O[Si](C)(C)C(C)(C)C.CC1(C)OC[C@H]2[C@H](OCc3ccccc3)[C@](C)(SOOc3ccccc3)C(=O)N21.COC(=O)[C@@H]1NC(=O)[C@@](C)(SOOc2ccccc2)[C@H]1OCc1ccccc1. The lowest BCUT2D eigenvalue weighted by Crippen LogP contribution is -2.67. The van der Waals surface area contributed by atoms with Crippen LogP contribution in [0.5, 0.6) is 17.2 Å². The van der Waals surface area contributed by atoms with Crippen LogP contribution in [-0.2, 0) is 87.9 Å². The molecule has 0 radical (unpaired) electrons. The van der Waals surface area contributed by atoms with Crippen LogP contribution in [0.15, 0.2) is 152 Å². The smallest absolute Gasteiger partial charge is 0.339 e. The Balaban J connectivity index is 0.000000187. The van der Waals surface area contributed by atoms with E-state index in [1.807, 2.05) is 139 Å². The molecule has 6 N–H and O–H groups in total. The molecule has 11 rings (SSSR count). The van der Waals surface area contributed by atoms with Gasteiger partial charge in [0, 0.05) is 0 Å². The summed E-state index contributed by atoms with van der Waals surface area (Å²) in [6.45, 7) is 31.9. The van der Waals surface area contributed by atoms with Gasteiger partial charge in [-0.25, -0.2) is 14.4 Å². The Labute approximate surface area is 644 Å². The minimum absolute atomic E-state index is 0.0790. The van der Waals surface area contributed by atoms with Crippen LogP contribution in [-0.4, -0.2) is 179 Å². The summed E-state index contributed by atoms with van der Waals surface area (Å²) in [5.41, 5.74) is -3.73. The van der Waals surface area contributed by atoms with Gasteiger partial charge in [-0.2, -0.15) is 0 Å². The predicted molar refractivity (Wildman–Crippen MR) is 404 cm³/mol. The number of carboxylic acid groups (broad SMARTS) is 1. The number of nitrogens with one attached hydrogen (secondary N) is 2. The second-order valence-electron chi connectivity index (χ2n) is 30.7. The Morgan fingerprint density at radius 2 is 1.05 bits per heavy atom. The maximum absolute atomic E-state index is 14.2. The van der Waals surface area contributed by atoms with Crippen LogP contribution in [0.4, 0.5) is 0 Å². The van der Waals surface area contributed by atoms with Crippen molar-refractivity contribution in [3.63, 3.8) is 0 Å². The van der Waals surface area contributed by atoms with E-state index in [-0.39, 0.29) is 29.5 Å². The fourth-order valence-corrected chi connectivity index (χ4v) is 16.9. The molecule has 6 aliphatic heterocycles. The number of amides is 4. The number of carboxylic acids is 1. The van der Waals surface area contributed by atoms with Crippen LogP contribution in [0.3, 0.4) is 0 Å². The van der Waals surface area contributed by atoms with Crippen molar-refractivity contribution in [3.05, 3.63) is 163 Å². The molecular formula is C77H102N4O23S3Si. The number of hydrogen-bond acceptors (Lipinski definition) is 25. The third kappa shape index (κ3) is 17.8. The first-order chi connectivity index (χ1) is 50.6. The van der Waals surface area contributed by atoms with Gasteiger partial charge in [-0.1, -0.05) is 171 Å². The minimum atomic E-state index is -2.56. The van der Waals surface area contributed by atoms with Crippen molar-refractivity contribution in [3.8, 4) is 17.2 Å². The predicted octanol–water partition coefficient (Wildman–Crippen LogP) is 10.3. The molecule has 0 spiro atoms. The maximum Gasteiger partial charge on any atom is 0.339 e. The summed E-state index contributed by atoms with van der Waals surface area (Å²) in [5.74, 6) is -4.20. The molecule has 5 aromatic rings. The van der Waals surface area contributed by atoms with Crippen molar-refractivity contribution in [1.82, 2.24) is 20.4 Å². The van der Waals surface area contributed by atoms with Crippen molar-refractivity contribution >= 4 is 86.0 Å². The van der Waals surface area contributed by atoms with Crippen molar-refractivity contribution < 1.29 is 110 Å². The van der Waals surface area contributed by atoms with E-state index in [1.54, 1.807) is 107 Å². The molecule has 0 aliphatic carbocycles. The van der Waals surface area contributed by atoms with Crippen molar-refractivity contribution in [2.45, 2.75) is 221 Å². The number of hydrogen-bond donors (Lipinski definition) is 6. The first-order valence-corrected chi connectivity index (χ1v) is 40.5. The van der Waals surface area contributed by atoms with E-state index in [0.29, 0.717) is 30.5 Å². The number of para-hydroxylation sites is 3. The highest BCUT2D eigenvalue weighted by atomic mass is 32.2. The van der Waals surface area contributed by atoms with E-state index in [2.05, 4.69) is 31.4 Å². The number of rotatable bonds is 26. The number of cyclic esters (lactones) is 1. The maximum atomic E-state index is 14.2. The second kappa shape index (κ2) is 34.9. The van der Waals surface area contributed by atoms with Gasteiger partial charge in [0.15, 0.2) is 57.9 Å².